The molecule has 7 heteroatoms. The van der Waals surface area contributed by atoms with Crippen LogP contribution >= 0.6 is 0 Å². The lowest BCUT2D eigenvalue weighted by Gasteiger charge is -2.11. The van der Waals surface area contributed by atoms with Gasteiger partial charge in [-0.25, -0.2) is 4.98 Å². The van der Waals surface area contributed by atoms with Crippen molar-refractivity contribution in [2.45, 2.75) is 19.4 Å². The predicted molar refractivity (Wildman–Crippen MR) is 123 cm³/mol. The first-order chi connectivity index (χ1) is 15.7. The zero-order valence-electron chi connectivity index (χ0n) is 18.0. The molecule has 0 radical (unpaired) electrons. The quantitative estimate of drug-likeness (QED) is 0.386. The number of ether oxygens (including phenoxy) is 2. The predicted octanol–water partition coefficient (Wildman–Crippen LogP) is 3.88. The van der Waals surface area contributed by atoms with Crippen molar-refractivity contribution in [1.82, 2.24) is 19.9 Å². The van der Waals surface area contributed by atoms with Crippen molar-refractivity contribution in [2.75, 3.05) is 20.3 Å². The van der Waals surface area contributed by atoms with Gasteiger partial charge in [0.15, 0.2) is 0 Å². The first-order valence-electron chi connectivity index (χ1n) is 10.6. The van der Waals surface area contributed by atoms with E-state index in [9.17, 15) is 4.79 Å². The van der Waals surface area contributed by atoms with Gasteiger partial charge in [-0.2, -0.15) is 0 Å². The molecular weight excluding hydrogens is 404 g/mol. The summed E-state index contributed by atoms with van der Waals surface area (Å²) in [6.45, 7) is 1.86. The van der Waals surface area contributed by atoms with Crippen molar-refractivity contribution in [3.63, 3.8) is 0 Å². The second-order valence-corrected chi connectivity index (χ2v) is 7.27. The molecule has 0 saturated carbocycles. The maximum absolute atomic E-state index is 12.3. The molecule has 4 aromatic rings. The molecule has 2 heterocycles. The standard InChI is InChI=1S/C25H26N4O3/c1-31-19-10-12-20(13-11-19)32-18-6-17-29-23-9-3-2-7-21(23)28-24(29)14-16-27-25(30)22-8-4-5-15-26-22/h2-5,7-13,15H,6,14,16-18H2,1H3,(H,27,30). The topological polar surface area (TPSA) is 78.3 Å². The number of amides is 1. The van der Waals surface area contributed by atoms with E-state index in [1.807, 2.05) is 42.5 Å². The van der Waals surface area contributed by atoms with Crippen LogP contribution in [0.3, 0.4) is 0 Å². The third kappa shape index (κ3) is 5.24. The minimum Gasteiger partial charge on any atom is -0.497 e. The number of hydrogen-bond acceptors (Lipinski definition) is 5. The first-order valence-corrected chi connectivity index (χ1v) is 10.6. The number of nitrogens with zero attached hydrogens (tertiary/aromatic N) is 3. The summed E-state index contributed by atoms with van der Waals surface area (Å²) in [5.41, 5.74) is 2.45. The zero-order valence-corrected chi connectivity index (χ0v) is 18.0. The molecular formula is C25H26N4O3. The fourth-order valence-electron chi connectivity index (χ4n) is 3.53. The summed E-state index contributed by atoms with van der Waals surface area (Å²) in [6, 6.07) is 21.0. The highest BCUT2D eigenvalue weighted by atomic mass is 16.5. The van der Waals surface area contributed by atoms with Gasteiger partial charge in [0.1, 0.15) is 23.0 Å². The van der Waals surface area contributed by atoms with E-state index in [2.05, 4.69) is 20.9 Å². The zero-order chi connectivity index (χ0) is 22.2. The van der Waals surface area contributed by atoms with Gasteiger partial charge in [-0.15, -0.1) is 0 Å². The van der Waals surface area contributed by atoms with Crippen LogP contribution in [0.25, 0.3) is 11.0 Å². The van der Waals surface area contributed by atoms with Crippen molar-refractivity contribution in [1.29, 1.82) is 0 Å². The largest absolute Gasteiger partial charge is 0.497 e. The van der Waals surface area contributed by atoms with Crippen molar-refractivity contribution < 1.29 is 14.3 Å². The lowest BCUT2D eigenvalue weighted by molar-refractivity contribution is 0.0949. The van der Waals surface area contributed by atoms with E-state index in [1.165, 1.54) is 0 Å². The summed E-state index contributed by atoms with van der Waals surface area (Å²) >= 11 is 0. The second-order valence-electron chi connectivity index (χ2n) is 7.27. The van der Waals surface area contributed by atoms with Gasteiger partial charge in [-0.1, -0.05) is 18.2 Å². The number of aryl methyl sites for hydroxylation is 1. The van der Waals surface area contributed by atoms with E-state index in [0.29, 0.717) is 25.3 Å². The van der Waals surface area contributed by atoms with Gasteiger partial charge in [0.25, 0.3) is 5.91 Å². The molecule has 0 unspecified atom stereocenters. The van der Waals surface area contributed by atoms with Crippen LogP contribution in [-0.2, 0) is 13.0 Å². The number of fused-ring (bicyclic) bond motifs is 1. The Morgan fingerprint density at radius 2 is 1.78 bits per heavy atom. The maximum atomic E-state index is 12.3. The van der Waals surface area contributed by atoms with Gasteiger partial charge in [-0.05, 0) is 55.0 Å². The lowest BCUT2D eigenvalue weighted by Crippen LogP contribution is -2.27. The van der Waals surface area contributed by atoms with Gasteiger partial charge < -0.3 is 19.4 Å². The van der Waals surface area contributed by atoms with E-state index in [0.717, 1.165) is 41.3 Å². The van der Waals surface area contributed by atoms with E-state index >= 15 is 0 Å². The molecule has 4 rings (SSSR count). The molecule has 2 aromatic carbocycles. The number of benzene rings is 2. The monoisotopic (exact) mass is 430 g/mol. The molecule has 164 valence electrons. The highest BCUT2D eigenvalue weighted by Crippen LogP contribution is 2.19. The molecule has 2 aromatic heterocycles. The smallest absolute Gasteiger partial charge is 0.269 e. The van der Waals surface area contributed by atoms with Crippen LogP contribution in [-0.4, -0.2) is 40.7 Å². The van der Waals surface area contributed by atoms with E-state index in [1.54, 1.807) is 31.5 Å². The number of imidazole rings is 1. The molecule has 0 fully saturated rings. The van der Waals surface area contributed by atoms with Gasteiger partial charge in [-0.3, -0.25) is 9.78 Å². The first kappa shape index (κ1) is 21.4. The van der Waals surface area contributed by atoms with Gasteiger partial charge in [0.05, 0.1) is 24.8 Å². The summed E-state index contributed by atoms with van der Waals surface area (Å²) in [7, 11) is 1.65. The molecule has 0 aliphatic heterocycles. The summed E-state index contributed by atoms with van der Waals surface area (Å²) < 4.78 is 13.2. The minimum atomic E-state index is -0.179. The summed E-state index contributed by atoms with van der Waals surface area (Å²) in [5, 5.41) is 2.93. The van der Waals surface area contributed by atoms with Gasteiger partial charge >= 0.3 is 0 Å². The Balaban J connectivity index is 1.36. The Labute approximate surface area is 187 Å². The Morgan fingerprint density at radius 1 is 1.00 bits per heavy atom. The molecule has 0 bridgehead atoms. The molecule has 0 aliphatic carbocycles. The summed E-state index contributed by atoms with van der Waals surface area (Å²) in [6.07, 6.45) is 3.08. The van der Waals surface area contributed by atoms with Gasteiger partial charge in [0, 0.05) is 25.7 Å². The average Bonchev–Trinajstić information content (AvgIpc) is 3.20. The fraction of sp³-hybridized carbons (Fsp3) is 0.240. The van der Waals surface area contributed by atoms with Crippen LogP contribution in [0, 0.1) is 0 Å². The number of para-hydroxylation sites is 2. The van der Waals surface area contributed by atoms with Crippen LogP contribution in [0.15, 0.2) is 72.9 Å². The highest BCUT2D eigenvalue weighted by molar-refractivity contribution is 5.92. The van der Waals surface area contributed by atoms with Crippen LogP contribution in [0.2, 0.25) is 0 Å². The number of methoxy groups -OCH3 is 1. The molecule has 0 saturated heterocycles. The summed E-state index contributed by atoms with van der Waals surface area (Å²) in [4.78, 5) is 21.1. The van der Waals surface area contributed by atoms with Crippen molar-refractivity contribution >= 4 is 16.9 Å². The third-order valence-electron chi connectivity index (χ3n) is 5.12. The number of aromatic nitrogens is 3. The number of carbonyl (C=O) groups excluding carboxylic acids is 1. The number of rotatable bonds is 10. The molecule has 1 amide bonds. The summed E-state index contributed by atoms with van der Waals surface area (Å²) in [5.74, 6) is 2.39. The Kier molecular flexibility index (Phi) is 6.97. The average molecular weight is 431 g/mol. The van der Waals surface area contributed by atoms with Crippen LogP contribution < -0.4 is 14.8 Å². The molecule has 0 aliphatic rings. The highest BCUT2D eigenvalue weighted by Gasteiger charge is 2.12. The molecule has 32 heavy (non-hydrogen) atoms. The fourth-order valence-corrected chi connectivity index (χ4v) is 3.53. The number of nitrogens with one attached hydrogen (secondary N) is 1. The van der Waals surface area contributed by atoms with Crippen LogP contribution in [0.1, 0.15) is 22.7 Å². The lowest BCUT2D eigenvalue weighted by atomic mass is 10.3. The Bertz CT molecular complexity index is 1160. The number of carbonyl (C=O) groups is 1. The Morgan fingerprint density at radius 3 is 2.56 bits per heavy atom. The third-order valence-corrected chi connectivity index (χ3v) is 5.12. The number of pyridine rings is 1. The van der Waals surface area contributed by atoms with E-state index in [-0.39, 0.29) is 5.91 Å². The molecule has 1 N–H and O–H groups in total. The van der Waals surface area contributed by atoms with Crippen LogP contribution in [0.4, 0.5) is 0 Å². The van der Waals surface area contributed by atoms with E-state index < -0.39 is 0 Å². The van der Waals surface area contributed by atoms with Crippen LogP contribution in [0.5, 0.6) is 11.5 Å². The van der Waals surface area contributed by atoms with E-state index in [4.69, 9.17) is 14.5 Å². The minimum absolute atomic E-state index is 0.179. The normalized spacial score (nSPS) is 10.8. The maximum Gasteiger partial charge on any atom is 0.269 e. The SMILES string of the molecule is COc1ccc(OCCCn2c(CCNC(=O)c3ccccn3)nc3ccccc32)cc1. The molecule has 0 atom stereocenters. The molecule has 7 nitrogen and oxygen atoms in total. The Hall–Kier alpha value is -3.87. The molecule has 0 spiro atoms. The second kappa shape index (κ2) is 10.4. The van der Waals surface area contributed by atoms with Crippen molar-refractivity contribution in [3.8, 4) is 11.5 Å². The van der Waals surface area contributed by atoms with Crippen molar-refractivity contribution in [3.05, 3.63) is 84.4 Å². The van der Waals surface area contributed by atoms with Crippen molar-refractivity contribution in [2.24, 2.45) is 0 Å². The number of hydrogen-bond donors (Lipinski definition) is 1. The van der Waals surface area contributed by atoms with Gasteiger partial charge in [0.2, 0.25) is 0 Å².